The lowest BCUT2D eigenvalue weighted by Crippen LogP contribution is -2.45. The summed E-state index contributed by atoms with van der Waals surface area (Å²) >= 11 is 0. The number of carbonyl (C=O) groups is 1. The van der Waals surface area contributed by atoms with E-state index in [-0.39, 0.29) is 29.4 Å². The molecule has 2 heterocycles. The van der Waals surface area contributed by atoms with E-state index < -0.39 is 12.7 Å². The van der Waals surface area contributed by atoms with Crippen molar-refractivity contribution >= 4 is 18.7 Å². The average Bonchev–Trinajstić information content (AvgIpc) is 2.81. The number of aliphatic hydroxyl groups is 1. The van der Waals surface area contributed by atoms with E-state index in [1.807, 2.05) is 58.9 Å². The third kappa shape index (κ3) is 4.78. The average molecular weight is 403 g/mol. The van der Waals surface area contributed by atoms with Crippen LogP contribution in [-0.2, 0) is 14.0 Å². The molecule has 7 heteroatoms. The first-order valence-electron chi connectivity index (χ1n) is 10.4. The van der Waals surface area contributed by atoms with Gasteiger partial charge in [-0.1, -0.05) is 24.3 Å². The Morgan fingerprint density at radius 3 is 2.21 bits per heavy atom. The highest BCUT2D eigenvalue weighted by molar-refractivity contribution is 6.62. The maximum absolute atomic E-state index is 12.5. The van der Waals surface area contributed by atoms with Gasteiger partial charge in [-0.15, -0.1) is 0 Å². The molecule has 1 aromatic rings. The minimum Gasteiger partial charge on any atom is -0.446 e. The predicted octanol–water partition coefficient (Wildman–Crippen LogP) is 3.42. The normalized spacial score (nSPS) is 25.1. The maximum Gasteiger partial charge on any atom is 0.494 e. The quantitative estimate of drug-likeness (QED) is 0.764. The van der Waals surface area contributed by atoms with E-state index in [0.29, 0.717) is 19.4 Å². The number of nitrogens with zero attached hydrogens (tertiary/aromatic N) is 1. The van der Waals surface area contributed by atoms with E-state index >= 15 is 0 Å². The van der Waals surface area contributed by atoms with Gasteiger partial charge in [0.15, 0.2) is 0 Å². The summed E-state index contributed by atoms with van der Waals surface area (Å²) in [7, 11) is -0.396. The first-order chi connectivity index (χ1) is 13.3. The molecular formula is C22H34BNO5. The third-order valence-electron chi connectivity index (χ3n) is 6.33. The predicted molar refractivity (Wildman–Crippen MR) is 113 cm³/mol. The maximum atomic E-state index is 12.5. The van der Waals surface area contributed by atoms with Crippen molar-refractivity contribution in [2.75, 3.05) is 6.54 Å². The van der Waals surface area contributed by atoms with Crippen molar-refractivity contribution < 1.29 is 23.9 Å². The van der Waals surface area contributed by atoms with Gasteiger partial charge in [0.05, 0.1) is 22.8 Å². The second kappa shape index (κ2) is 7.60. The van der Waals surface area contributed by atoms with Crippen molar-refractivity contribution in [3.8, 4) is 0 Å². The summed E-state index contributed by atoms with van der Waals surface area (Å²) in [5.74, 6) is 0. The molecule has 2 atom stereocenters. The van der Waals surface area contributed by atoms with Gasteiger partial charge in [-0.2, -0.15) is 0 Å². The molecule has 3 rings (SSSR count). The molecule has 0 bridgehead atoms. The molecule has 2 unspecified atom stereocenters. The van der Waals surface area contributed by atoms with Crippen LogP contribution in [0.2, 0.25) is 0 Å². The SMILES string of the molecule is CC(c1ccc(B2OC(C)(C)C(C)(C)O2)cc1)N1CCC(CC(C)(C)O)OC1=O. The number of hydrogen-bond acceptors (Lipinski definition) is 5. The van der Waals surface area contributed by atoms with Gasteiger partial charge in [0.1, 0.15) is 6.10 Å². The van der Waals surface area contributed by atoms with Crippen LogP contribution in [-0.4, -0.2) is 52.7 Å². The highest BCUT2D eigenvalue weighted by Gasteiger charge is 2.51. The summed E-state index contributed by atoms with van der Waals surface area (Å²) < 4.78 is 17.8. The van der Waals surface area contributed by atoms with Gasteiger partial charge in [0, 0.05) is 19.4 Å². The summed E-state index contributed by atoms with van der Waals surface area (Å²) in [4.78, 5) is 14.2. The first kappa shape index (κ1) is 22.1. The molecule has 2 saturated heterocycles. The molecule has 1 N–H and O–H groups in total. The van der Waals surface area contributed by atoms with E-state index in [1.165, 1.54) is 0 Å². The molecule has 0 radical (unpaired) electrons. The Labute approximate surface area is 174 Å². The van der Waals surface area contributed by atoms with Crippen molar-refractivity contribution in [2.45, 2.75) is 90.3 Å². The van der Waals surface area contributed by atoms with Crippen molar-refractivity contribution in [2.24, 2.45) is 0 Å². The highest BCUT2D eigenvalue weighted by Crippen LogP contribution is 2.36. The summed E-state index contributed by atoms with van der Waals surface area (Å²) in [5.41, 5.74) is 0.401. The molecule has 2 aliphatic heterocycles. The van der Waals surface area contributed by atoms with Crippen LogP contribution in [0.5, 0.6) is 0 Å². The zero-order valence-corrected chi connectivity index (χ0v) is 18.7. The van der Waals surface area contributed by atoms with E-state index in [2.05, 4.69) is 0 Å². The summed E-state index contributed by atoms with van der Waals surface area (Å²) in [6, 6.07) is 7.93. The number of benzene rings is 1. The van der Waals surface area contributed by atoms with Gasteiger partial charge in [-0.3, -0.25) is 0 Å². The third-order valence-corrected chi connectivity index (χ3v) is 6.33. The topological polar surface area (TPSA) is 68.2 Å². The zero-order chi connectivity index (χ0) is 21.6. The fraction of sp³-hybridized carbons (Fsp3) is 0.682. The lowest BCUT2D eigenvalue weighted by atomic mass is 9.78. The number of ether oxygens (including phenoxy) is 1. The Hall–Kier alpha value is -1.57. The zero-order valence-electron chi connectivity index (χ0n) is 18.7. The van der Waals surface area contributed by atoms with Gasteiger partial charge >= 0.3 is 13.2 Å². The minimum absolute atomic E-state index is 0.0991. The number of hydrogen-bond donors (Lipinski definition) is 1. The van der Waals surface area contributed by atoms with Crippen LogP contribution in [0.4, 0.5) is 4.79 Å². The van der Waals surface area contributed by atoms with Crippen LogP contribution in [0.15, 0.2) is 24.3 Å². The van der Waals surface area contributed by atoms with Crippen molar-refractivity contribution in [1.29, 1.82) is 0 Å². The smallest absolute Gasteiger partial charge is 0.446 e. The van der Waals surface area contributed by atoms with Gasteiger partial charge < -0.3 is 24.1 Å². The second-order valence-electron chi connectivity index (χ2n) is 9.94. The summed E-state index contributed by atoms with van der Waals surface area (Å²) in [5, 5.41) is 9.96. The lowest BCUT2D eigenvalue weighted by Gasteiger charge is -2.37. The van der Waals surface area contributed by atoms with E-state index in [4.69, 9.17) is 14.0 Å². The summed E-state index contributed by atoms with van der Waals surface area (Å²) in [6.45, 7) is 14.2. The van der Waals surface area contributed by atoms with Crippen LogP contribution < -0.4 is 5.46 Å². The molecule has 0 aromatic heterocycles. The number of rotatable bonds is 5. The number of amides is 1. The molecule has 1 aromatic carbocycles. The fourth-order valence-electron chi connectivity index (χ4n) is 3.79. The Bertz CT molecular complexity index is 725. The monoisotopic (exact) mass is 403 g/mol. The van der Waals surface area contributed by atoms with E-state index in [9.17, 15) is 9.90 Å². The lowest BCUT2D eigenvalue weighted by molar-refractivity contribution is -0.0309. The van der Waals surface area contributed by atoms with Gasteiger partial charge in [0.2, 0.25) is 0 Å². The molecule has 6 nitrogen and oxygen atoms in total. The van der Waals surface area contributed by atoms with Crippen LogP contribution in [0, 0.1) is 0 Å². The Balaban J connectivity index is 1.64. The van der Waals surface area contributed by atoms with Crippen LogP contribution >= 0.6 is 0 Å². The molecule has 0 aliphatic carbocycles. The molecule has 0 spiro atoms. The fourth-order valence-corrected chi connectivity index (χ4v) is 3.79. The number of cyclic esters (lactones) is 1. The second-order valence-corrected chi connectivity index (χ2v) is 9.94. The van der Waals surface area contributed by atoms with Crippen molar-refractivity contribution in [1.82, 2.24) is 4.90 Å². The molecule has 2 aliphatic rings. The van der Waals surface area contributed by atoms with Crippen LogP contribution in [0.1, 0.15) is 72.9 Å². The van der Waals surface area contributed by atoms with Crippen LogP contribution in [0.3, 0.4) is 0 Å². The molecule has 1 amide bonds. The van der Waals surface area contributed by atoms with Crippen molar-refractivity contribution in [3.63, 3.8) is 0 Å². The molecule has 160 valence electrons. The highest BCUT2D eigenvalue weighted by atomic mass is 16.7. The summed E-state index contributed by atoms with van der Waals surface area (Å²) in [6.07, 6.45) is 0.597. The van der Waals surface area contributed by atoms with Gasteiger partial charge in [-0.25, -0.2) is 4.79 Å². The Morgan fingerprint density at radius 1 is 1.17 bits per heavy atom. The van der Waals surface area contributed by atoms with Gasteiger partial charge in [0.25, 0.3) is 0 Å². The van der Waals surface area contributed by atoms with Crippen LogP contribution in [0.25, 0.3) is 0 Å². The van der Waals surface area contributed by atoms with E-state index in [1.54, 1.807) is 18.7 Å². The standard InChI is InChI=1S/C22H34BNO5/c1-15(24-13-12-18(27-19(24)25)14-20(2,3)26)16-8-10-17(11-9-16)23-28-21(4,5)22(6,7)29-23/h8-11,15,18,26H,12-14H2,1-7H3. The molecule has 2 fully saturated rings. The molecular weight excluding hydrogens is 369 g/mol. The molecule has 0 saturated carbocycles. The largest absolute Gasteiger partial charge is 0.494 e. The van der Waals surface area contributed by atoms with Crippen molar-refractivity contribution in [3.05, 3.63) is 29.8 Å². The Morgan fingerprint density at radius 2 is 1.72 bits per heavy atom. The van der Waals surface area contributed by atoms with Gasteiger partial charge in [-0.05, 0) is 59.5 Å². The van der Waals surface area contributed by atoms with E-state index in [0.717, 1.165) is 11.0 Å². The number of carbonyl (C=O) groups excluding carboxylic acids is 1. The Kier molecular flexibility index (Phi) is 5.80. The molecule has 29 heavy (non-hydrogen) atoms. The minimum atomic E-state index is -0.845. The first-order valence-corrected chi connectivity index (χ1v) is 10.4.